The molecule has 3 N–H and O–H groups in total. The molecular weight excluding hydrogens is 415 g/mol. The molecule has 0 fully saturated rings. The van der Waals surface area contributed by atoms with Gasteiger partial charge in [-0.1, -0.05) is 17.7 Å². The normalized spacial score (nSPS) is 11.5. The van der Waals surface area contributed by atoms with Gasteiger partial charge in [-0.05, 0) is 49.2 Å². The summed E-state index contributed by atoms with van der Waals surface area (Å²) in [6.07, 6.45) is -0.597. The molecule has 7 nitrogen and oxygen atoms in total. The summed E-state index contributed by atoms with van der Waals surface area (Å²) >= 11 is 5.77. The highest BCUT2D eigenvalue weighted by Gasteiger charge is 2.10. The number of rotatable bonds is 11. The van der Waals surface area contributed by atoms with Crippen LogP contribution >= 0.6 is 11.6 Å². The SMILES string of the molecule is Cc1ccc(OCC(=O)NCC[C@H](O)CNC(=O)COc2ccc(Cl)cc2)cc1F. The Morgan fingerprint density at radius 3 is 2.30 bits per heavy atom. The van der Waals surface area contributed by atoms with Gasteiger partial charge < -0.3 is 25.2 Å². The van der Waals surface area contributed by atoms with Gasteiger partial charge in [0.1, 0.15) is 17.3 Å². The van der Waals surface area contributed by atoms with E-state index in [9.17, 15) is 19.1 Å². The third kappa shape index (κ3) is 8.67. The molecule has 0 saturated heterocycles. The Morgan fingerprint density at radius 1 is 1.03 bits per heavy atom. The highest BCUT2D eigenvalue weighted by atomic mass is 35.5. The first-order valence-electron chi connectivity index (χ1n) is 9.32. The number of carbonyl (C=O) groups is 2. The smallest absolute Gasteiger partial charge is 0.258 e. The van der Waals surface area contributed by atoms with Crippen LogP contribution in [0.1, 0.15) is 12.0 Å². The van der Waals surface area contributed by atoms with E-state index in [1.807, 2.05) is 0 Å². The van der Waals surface area contributed by atoms with Gasteiger partial charge in [0, 0.05) is 24.2 Å². The number of carbonyl (C=O) groups excluding carboxylic acids is 2. The van der Waals surface area contributed by atoms with Gasteiger partial charge in [0.25, 0.3) is 11.8 Å². The minimum atomic E-state index is -0.836. The summed E-state index contributed by atoms with van der Waals surface area (Å²) < 4.78 is 23.9. The second kappa shape index (κ2) is 12.0. The lowest BCUT2D eigenvalue weighted by Crippen LogP contribution is -2.37. The Morgan fingerprint density at radius 2 is 1.63 bits per heavy atom. The van der Waals surface area contributed by atoms with Crippen molar-refractivity contribution in [3.8, 4) is 11.5 Å². The van der Waals surface area contributed by atoms with E-state index in [4.69, 9.17) is 21.1 Å². The zero-order valence-electron chi connectivity index (χ0n) is 16.5. The molecule has 2 rings (SSSR count). The fourth-order valence-electron chi connectivity index (χ4n) is 2.31. The molecule has 162 valence electrons. The van der Waals surface area contributed by atoms with Gasteiger partial charge in [0.05, 0.1) is 6.10 Å². The molecule has 0 bridgehead atoms. The third-order valence-corrected chi connectivity index (χ3v) is 4.28. The molecule has 0 radical (unpaired) electrons. The van der Waals surface area contributed by atoms with E-state index in [2.05, 4.69) is 10.6 Å². The Bertz CT molecular complexity index is 848. The van der Waals surface area contributed by atoms with Crippen LogP contribution in [0.4, 0.5) is 4.39 Å². The van der Waals surface area contributed by atoms with Crippen molar-refractivity contribution in [2.24, 2.45) is 0 Å². The minimum Gasteiger partial charge on any atom is -0.484 e. The number of amides is 2. The minimum absolute atomic E-state index is 0.0256. The van der Waals surface area contributed by atoms with E-state index in [0.717, 1.165) is 0 Å². The number of hydrogen-bond donors (Lipinski definition) is 3. The van der Waals surface area contributed by atoms with E-state index in [1.165, 1.54) is 6.07 Å². The molecule has 2 aromatic rings. The number of aryl methyl sites for hydroxylation is 1. The van der Waals surface area contributed by atoms with Gasteiger partial charge in [-0.3, -0.25) is 9.59 Å². The average Bonchev–Trinajstić information content (AvgIpc) is 2.72. The number of hydrogen-bond acceptors (Lipinski definition) is 5. The summed E-state index contributed by atoms with van der Waals surface area (Å²) in [7, 11) is 0. The second-order valence-corrected chi connectivity index (χ2v) is 6.98. The van der Waals surface area contributed by atoms with Gasteiger partial charge in [0.2, 0.25) is 0 Å². The summed E-state index contributed by atoms with van der Waals surface area (Å²) in [5.74, 6) is -0.419. The van der Waals surface area contributed by atoms with E-state index < -0.39 is 17.8 Å². The van der Waals surface area contributed by atoms with Crippen molar-refractivity contribution in [2.75, 3.05) is 26.3 Å². The van der Waals surface area contributed by atoms with E-state index in [1.54, 1.807) is 43.3 Å². The Balaban J connectivity index is 1.55. The highest BCUT2D eigenvalue weighted by molar-refractivity contribution is 6.30. The Kier molecular flexibility index (Phi) is 9.37. The van der Waals surface area contributed by atoms with Crippen LogP contribution in [0.25, 0.3) is 0 Å². The van der Waals surface area contributed by atoms with Crippen LogP contribution in [-0.2, 0) is 9.59 Å². The predicted molar refractivity (Wildman–Crippen MR) is 110 cm³/mol. The number of ether oxygens (including phenoxy) is 2. The van der Waals surface area contributed by atoms with Crippen LogP contribution in [0, 0.1) is 12.7 Å². The van der Waals surface area contributed by atoms with Gasteiger partial charge in [-0.2, -0.15) is 0 Å². The number of aliphatic hydroxyl groups excluding tert-OH is 1. The van der Waals surface area contributed by atoms with Crippen molar-refractivity contribution in [3.63, 3.8) is 0 Å². The fraction of sp³-hybridized carbons (Fsp3) is 0.333. The van der Waals surface area contributed by atoms with E-state index in [0.29, 0.717) is 16.3 Å². The van der Waals surface area contributed by atoms with Crippen molar-refractivity contribution < 1.29 is 28.6 Å². The summed E-state index contributed by atoms with van der Waals surface area (Å²) in [6.45, 7) is 1.40. The standard InChI is InChI=1S/C21H24ClFN2O5/c1-14-2-5-18(10-19(14)23)30-12-20(27)24-9-8-16(26)11-25-21(28)13-29-17-6-3-15(22)4-7-17/h2-7,10,16,26H,8-9,11-13H2,1H3,(H,24,27)(H,25,28)/t16-/m0/s1. The lowest BCUT2D eigenvalue weighted by Gasteiger charge is -2.13. The van der Waals surface area contributed by atoms with Crippen LogP contribution < -0.4 is 20.1 Å². The van der Waals surface area contributed by atoms with Crippen LogP contribution in [0.15, 0.2) is 42.5 Å². The highest BCUT2D eigenvalue weighted by Crippen LogP contribution is 2.16. The number of benzene rings is 2. The van der Waals surface area contributed by atoms with E-state index in [-0.39, 0.29) is 44.4 Å². The van der Waals surface area contributed by atoms with Crippen molar-refractivity contribution in [1.29, 1.82) is 0 Å². The first kappa shape index (κ1) is 23.4. The lowest BCUT2D eigenvalue weighted by atomic mass is 10.2. The molecular formula is C21H24ClFN2O5. The summed E-state index contributed by atoms with van der Waals surface area (Å²) in [5, 5.41) is 15.6. The molecule has 0 aliphatic carbocycles. The maximum atomic E-state index is 13.4. The fourth-order valence-corrected chi connectivity index (χ4v) is 2.43. The number of aliphatic hydroxyl groups is 1. The lowest BCUT2D eigenvalue weighted by molar-refractivity contribution is -0.124. The molecule has 9 heteroatoms. The monoisotopic (exact) mass is 438 g/mol. The molecule has 0 spiro atoms. The summed E-state index contributed by atoms with van der Waals surface area (Å²) in [6, 6.07) is 10.9. The molecule has 0 aromatic heterocycles. The second-order valence-electron chi connectivity index (χ2n) is 6.54. The molecule has 0 unspecified atom stereocenters. The quantitative estimate of drug-likeness (QED) is 0.500. The van der Waals surface area contributed by atoms with Gasteiger partial charge in [-0.25, -0.2) is 4.39 Å². The zero-order chi connectivity index (χ0) is 21.9. The van der Waals surface area contributed by atoms with Crippen molar-refractivity contribution >= 4 is 23.4 Å². The van der Waals surface area contributed by atoms with Gasteiger partial charge in [-0.15, -0.1) is 0 Å². The molecule has 0 aliphatic rings. The maximum absolute atomic E-state index is 13.4. The third-order valence-electron chi connectivity index (χ3n) is 4.03. The zero-order valence-corrected chi connectivity index (χ0v) is 17.2. The first-order valence-corrected chi connectivity index (χ1v) is 9.70. The predicted octanol–water partition coefficient (Wildman–Crippen LogP) is 2.23. The Hall–Kier alpha value is -2.84. The molecule has 0 saturated carbocycles. The molecule has 0 heterocycles. The molecule has 0 aliphatic heterocycles. The van der Waals surface area contributed by atoms with Crippen molar-refractivity contribution in [1.82, 2.24) is 10.6 Å². The first-order chi connectivity index (χ1) is 14.3. The molecule has 2 aromatic carbocycles. The molecule has 2 amide bonds. The average molecular weight is 439 g/mol. The van der Waals surface area contributed by atoms with E-state index >= 15 is 0 Å². The van der Waals surface area contributed by atoms with Crippen molar-refractivity contribution in [3.05, 3.63) is 58.9 Å². The van der Waals surface area contributed by atoms with Gasteiger partial charge >= 0.3 is 0 Å². The number of halogens is 2. The van der Waals surface area contributed by atoms with Gasteiger partial charge in [0.15, 0.2) is 13.2 Å². The summed E-state index contributed by atoms with van der Waals surface area (Å²) in [4.78, 5) is 23.5. The van der Waals surface area contributed by atoms with Crippen LogP contribution in [-0.4, -0.2) is 49.3 Å². The van der Waals surface area contributed by atoms with Crippen LogP contribution in [0.3, 0.4) is 0 Å². The molecule has 1 atom stereocenters. The Labute approximate surface area is 179 Å². The number of nitrogens with one attached hydrogen (secondary N) is 2. The molecule has 30 heavy (non-hydrogen) atoms. The van der Waals surface area contributed by atoms with Crippen LogP contribution in [0.5, 0.6) is 11.5 Å². The maximum Gasteiger partial charge on any atom is 0.258 e. The summed E-state index contributed by atoms with van der Waals surface area (Å²) in [5.41, 5.74) is 0.490. The topological polar surface area (TPSA) is 96.9 Å². The van der Waals surface area contributed by atoms with Crippen molar-refractivity contribution in [2.45, 2.75) is 19.4 Å². The largest absolute Gasteiger partial charge is 0.484 e. The van der Waals surface area contributed by atoms with Crippen LogP contribution in [0.2, 0.25) is 5.02 Å².